The number of rotatable bonds is 5. The number of piperazine rings is 1. The summed E-state index contributed by atoms with van der Waals surface area (Å²) < 4.78 is 17.1. The molecule has 2 N–H and O–H groups in total. The molecule has 1 saturated heterocycles. The van der Waals surface area contributed by atoms with Crippen molar-refractivity contribution in [3.05, 3.63) is 84.1 Å². The Kier molecular flexibility index (Phi) is 9.26. The van der Waals surface area contributed by atoms with Gasteiger partial charge in [-0.3, -0.25) is 19.1 Å². The van der Waals surface area contributed by atoms with Crippen LogP contribution in [-0.2, 0) is 4.79 Å². The van der Waals surface area contributed by atoms with E-state index in [1.54, 1.807) is 17.2 Å². The number of halogens is 5. The number of aromatic nitrogens is 3. The summed E-state index contributed by atoms with van der Waals surface area (Å²) in [5, 5.41) is 10.0. The average molecular weight is 703 g/mol. The molecule has 1 amide bonds. The predicted molar refractivity (Wildman–Crippen MR) is 182 cm³/mol. The SMILES string of the molecule is C=CC(=O)N1CCN(c2c(C#N)c(=O)n(-c3c(C)ccnc3C(C)C)c3nc(-c4c(F)c(N)c(Cl)c(Cl)c4Cl)c(Cl)cc23)C[C@H]1C. The van der Waals surface area contributed by atoms with Crippen LogP contribution in [0, 0.1) is 24.1 Å². The number of nitrogen functional groups attached to an aromatic ring is 1. The molecule has 1 fully saturated rings. The fraction of sp³-hybridized carbons (Fsp3) is 0.281. The van der Waals surface area contributed by atoms with E-state index < -0.39 is 17.1 Å². The number of aryl methyl sites for hydroxylation is 1. The first-order valence-electron chi connectivity index (χ1n) is 14.2. The highest BCUT2D eigenvalue weighted by atomic mass is 35.5. The Morgan fingerprint density at radius 2 is 1.89 bits per heavy atom. The summed E-state index contributed by atoms with van der Waals surface area (Å²) >= 11 is 25.8. The van der Waals surface area contributed by atoms with Gasteiger partial charge in [0, 0.05) is 37.3 Å². The molecule has 14 heteroatoms. The maximum Gasteiger partial charge on any atom is 0.276 e. The molecule has 4 heterocycles. The number of fused-ring (bicyclic) bond motifs is 1. The van der Waals surface area contributed by atoms with Crippen LogP contribution in [0.1, 0.15) is 43.5 Å². The number of carbonyl (C=O) groups excluding carboxylic acids is 1. The summed E-state index contributed by atoms with van der Waals surface area (Å²) in [6, 6.07) is 5.06. The lowest BCUT2D eigenvalue weighted by atomic mass is 10.0. The smallest absolute Gasteiger partial charge is 0.276 e. The summed E-state index contributed by atoms with van der Waals surface area (Å²) in [6.07, 6.45) is 2.88. The van der Waals surface area contributed by atoms with Crippen LogP contribution in [0.4, 0.5) is 15.8 Å². The normalized spacial score (nSPS) is 15.0. The highest BCUT2D eigenvalue weighted by Gasteiger charge is 2.33. The minimum atomic E-state index is -0.992. The largest absolute Gasteiger partial charge is 0.395 e. The maximum absolute atomic E-state index is 15.7. The van der Waals surface area contributed by atoms with E-state index in [4.69, 9.17) is 57.1 Å². The topological polar surface area (TPSA) is 121 Å². The number of carbonyl (C=O) groups is 1. The molecule has 0 unspecified atom stereocenters. The zero-order valence-corrected chi connectivity index (χ0v) is 28.3. The number of anilines is 2. The van der Waals surface area contributed by atoms with Gasteiger partial charge in [-0.25, -0.2) is 9.37 Å². The Balaban J connectivity index is 1.94. The molecule has 46 heavy (non-hydrogen) atoms. The fourth-order valence-corrected chi connectivity index (χ4v) is 6.76. The third-order valence-electron chi connectivity index (χ3n) is 8.05. The third-order valence-corrected chi connectivity index (χ3v) is 9.68. The van der Waals surface area contributed by atoms with E-state index in [9.17, 15) is 14.9 Å². The van der Waals surface area contributed by atoms with Gasteiger partial charge in [-0.15, -0.1) is 0 Å². The van der Waals surface area contributed by atoms with Crippen molar-refractivity contribution in [2.45, 2.75) is 39.7 Å². The Labute approximate surface area is 284 Å². The number of pyridine rings is 3. The van der Waals surface area contributed by atoms with Crippen molar-refractivity contribution in [1.82, 2.24) is 19.4 Å². The van der Waals surface area contributed by atoms with Crippen molar-refractivity contribution in [1.29, 1.82) is 5.26 Å². The van der Waals surface area contributed by atoms with Gasteiger partial charge < -0.3 is 15.5 Å². The van der Waals surface area contributed by atoms with Crippen LogP contribution in [0.5, 0.6) is 0 Å². The maximum atomic E-state index is 15.7. The molecule has 0 saturated carbocycles. The summed E-state index contributed by atoms with van der Waals surface area (Å²) in [5.74, 6) is -1.35. The van der Waals surface area contributed by atoms with E-state index in [1.807, 2.05) is 32.6 Å². The number of benzene rings is 1. The summed E-state index contributed by atoms with van der Waals surface area (Å²) in [7, 11) is 0. The number of hydrogen-bond acceptors (Lipinski definition) is 7. The zero-order chi connectivity index (χ0) is 33.8. The first-order valence-corrected chi connectivity index (χ1v) is 15.7. The van der Waals surface area contributed by atoms with E-state index >= 15 is 4.39 Å². The van der Waals surface area contributed by atoms with Gasteiger partial charge in [0.25, 0.3) is 5.56 Å². The van der Waals surface area contributed by atoms with Crippen molar-refractivity contribution in [2.75, 3.05) is 30.3 Å². The van der Waals surface area contributed by atoms with Crippen molar-refractivity contribution in [3.63, 3.8) is 0 Å². The van der Waals surface area contributed by atoms with Crippen molar-refractivity contribution < 1.29 is 9.18 Å². The number of hydrogen-bond donors (Lipinski definition) is 1. The molecule has 5 rings (SSSR count). The first kappa shape index (κ1) is 33.5. The van der Waals surface area contributed by atoms with E-state index in [-0.39, 0.29) is 66.1 Å². The van der Waals surface area contributed by atoms with Crippen LogP contribution in [0.2, 0.25) is 20.1 Å². The quantitative estimate of drug-likeness (QED) is 0.100. The molecule has 1 aliphatic rings. The molecule has 0 bridgehead atoms. The van der Waals surface area contributed by atoms with Crippen molar-refractivity contribution in [2.24, 2.45) is 0 Å². The Bertz CT molecular complexity index is 2030. The van der Waals surface area contributed by atoms with E-state index in [2.05, 4.69) is 17.6 Å². The molecule has 0 radical (unpaired) electrons. The van der Waals surface area contributed by atoms with Crippen LogP contribution in [0.15, 0.2) is 35.8 Å². The Morgan fingerprint density at radius 1 is 1.20 bits per heavy atom. The number of nitrogens with two attached hydrogens (primary N) is 1. The second kappa shape index (κ2) is 12.7. The van der Waals surface area contributed by atoms with Crippen LogP contribution < -0.4 is 16.2 Å². The van der Waals surface area contributed by atoms with E-state index in [0.717, 1.165) is 0 Å². The summed E-state index contributed by atoms with van der Waals surface area (Å²) in [5.41, 5.74) is 6.23. The molecular weight excluding hydrogens is 675 g/mol. The van der Waals surface area contributed by atoms with Crippen LogP contribution >= 0.6 is 46.4 Å². The lowest BCUT2D eigenvalue weighted by Crippen LogP contribution is -2.54. The number of nitrogens with zero attached hydrogens (tertiary/aromatic N) is 6. The van der Waals surface area contributed by atoms with Gasteiger partial charge in [0.2, 0.25) is 5.91 Å². The molecule has 3 aromatic heterocycles. The highest BCUT2D eigenvalue weighted by Crippen LogP contribution is 2.46. The highest BCUT2D eigenvalue weighted by molar-refractivity contribution is 6.50. The van der Waals surface area contributed by atoms with E-state index in [1.165, 1.54) is 16.7 Å². The summed E-state index contributed by atoms with van der Waals surface area (Å²) in [4.78, 5) is 39.8. The van der Waals surface area contributed by atoms with Gasteiger partial charge in [0.15, 0.2) is 5.82 Å². The number of nitriles is 1. The first-order chi connectivity index (χ1) is 21.7. The monoisotopic (exact) mass is 701 g/mol. The molecule has 1 atom stereocenters. The van der Waals surface area contributed by atoms with Gasteiger partial charge in [0.05, 0.1) is 54.1 Å². The Hall–Kier alpha value is -3.88. The molecule has 238 valence electrons. The second-order valence-corrected chi connectivity index (χ2v) is 12.8. The molecule has 1 aromatic carbocycles. The van der Waals surface area contributed by atoms with Crippen molar-refractivity contribution in [3.8, 4) is 23.0 Å². The van der Waals surface area contributed by atoms with E-state index in [0.29, 0.717) is 42.0 Å². The standard InChI is InChI=1S/C32H28Cl4FN7O2/c1-6-20(45)43-10-9-42(13-16(43)5)30-17-11-19(33)28(21-22(34)23(35)24(36)26(39)25(21)37)41-31(17)44(32(46)18(30)12-38)29-15(4)7-8-40-27(29)14(2)3/h6-8,11,14,16H,1,9-10,13,39H2,2-5H3/t16-/m1/s1. The summed E-state index contributed by atoms with van der Waals surface area (Å²) in [6.45, 7) is 12.0. The fourth-order valence-electron chi connectivity index (χ4n) is 5.83. The van der Waals surface area contributed by atoms with Gasteiger partial charge >= 0.3 is 0 Å². The van der Waals surface area contributed by atoms with Gasteiger partial charge in [-0.1, -0.05) is 66.8 Å². The zero-order valence-electron chi connectivity index (χ0n) is 25.3. The molecular formula is C32H28Cl4FN7O2. The predicted octanol–water partition coefficient (Wildman–Crippen LogP) is 7.31. The van der Waals surface area contributed by atoms with Crippen molar-refractivity contribution >= 4 is 74.7 Å². The molecule has 0 aliphatic carbocycles. The molecule has 9 nitrogen and oxygen atoms in total. The van der Waals surface area contributed by atoms with Crippen LogP contribution in [-0.4, -0.2) is 51.0 Å². The minimum absolute atomic E-state index is 0.0538. The average Bonchev–Trinajstić information content (AvgIpc) is 3.02. The third kappa shape index (κ3) is 5.35. The van der Waals surface area contributed by atoms with Gasteiger partial charge in [-0.05, 0) is 43.5 Å². The lowest BCUT2D eigenvalue weighted by Gasteiger charge is -2.41. The minimum Gasteiger partial charge on any atom is -0.395 e. The molecule has 1 aliphatic heterocycles. The lowest BCUT2D eigenvalue weighted by molar-refractivity contribution is -0.128. The Morgan fingerprint density at radius 3 is 2.50 bits per heavy atom. The molecule has 4 aromatic rings. The van der Waals surface area contributed by atoms with Gasteiger partial charge in [0.1, 0.15) is 17.3 Å². The van der Waals surface area contributed by atoms with Crippen LogP contribution in [0.25, 0.3) is 28.0 Å². The molecule has 0 spiro atoms. The van der Waals surface area contributed by atoms with Gasteiger partial charge in [-0.2, -0.15) is 5.26 Å². The van der Waals surface area contributed by atoms with Crippen LogP contribution in [0.3, 0.4) is 0 Å². The number of amides is 1. The second-order valence-electron chi connectivity index (χ2n) is 11.3.